The Hall–Kier alpha value is -0.650. The zero-order valence-electron chi connectivity index (χ0n) is 12.1. The van der Waals surface area contributed by atoms with E-state index >= 15 is 0 Å². The van der Waals surface area contributed by atoms with E-state index in [9.17, 15) is 9.90 Å². The van der Waals surface area contributed by atoms with Gasteiger partial charge in [0.15, 0.2) is 0 Å². The number of nitrogens with zero attached hydrogens (tertiary/aromatic N) is 1. The molecular weight excluding hydrogens is 244 g/mol. The average molecular weight is 270 g/mol. The summed E-state index contributed by atoms with van der Waals surface area (Å²) in [5.41, 5.74) is -1.25. The van der Waals surface area contributed by atoms with Crippen LogP contribution in [-0.2, 0) is 9.53 Å². The molecule has 110 valence electrons. The van der Waals surface area contributed by atoms with Crippen molar-refractivity contribution < 1.29 is 14.6 Å². The Morgan fingerprint density at radius 2 is 2.00 bits per heavy atom. The molecule has 2 heterocycles. The third-order valence-electron chi connectivity index (χ3n) is 4.39. The fraction of sp³-hybridized carbons (Fsp3) is 0.929. The number of likely N-dealkylation sites (N-methyl/N-ethyl adjacent to an activating group) is 1. The van der Waals surface area contributed by atoms with Crippen LogP contribution in [0, 0.1) is 0 Å². The van der Waals surface area contributed by atoms with Gasteiger partial charge in [0.25, 0.3) is 0 Å². The van der Waals surface area contributed by atoms with Gasteiger partial charge in [-0.05, 0) is 32.7 Å². The van der Waals surface area contributed by atoms with Crippen molar-refractivity contribution in [2.75, 3.05) is 33.4 Å². The van der Waals surface area contributed by atoms with E-state index in [2.05, 4.69) is 5.32 Å². The highest BCUT2D eigenvalue weighted by Gasteiger charge is 2.39. The zero-order chi connectivity index (χ0) is 13.9. The molecule has 2 fully saturated rings. The second-order valence-electron chi connectivity index (χ2n) is 6.21. The van der Waals surface area contributed by atoms with E-state index in [4.69, 9.17) is 4.74 Å². The molecule has 0 aromatic carbocycles. The number of ether oxygens (including phenoxy) is 1. The van der Waals surface area contributed by atoms with Crippen LogP contribution in [0.25, 0.3) is 0 Å². The van der Waals surface area contributed by atoms with Crippen LogP contribution in [0.4, 0.5) is 0 Å². The number of hydrogen-bond acceptors (Lipinski definition) is 4. The molecule has 2 N–H and O–H groups in total. The molecule has 1 unspecified atom stereocenters. The number of piperidine rings is 1. The minimum absolute atomic E-state index is 0.0899. The number of nitrogens with one attached hydrogen (secondary N) is 1. The third-order valence-corrected chi connectivity index (χ3v) is 4.39. The Bertz CT molecular complexity index is 321. The van der Waals surface area contributed by atoms with Crippen LogP contribution in [0.1, 0.15) is 39.0 Å². The lowest BCUT2D eigenvalue weighted by Gasteiger charge is -2.40. The molecule has 0 aromatic rings. The van der Waals surface area contributed by atoms with Gasteiger partial charge < -0.3 is 20.1 Å². The smallest absolute Gasteiger partial charge is 0.242 e. The monoisotopic (exact) mass is 270 g/mol. The maximum atomic E-state index is 12.6. The van der Waals surface area contributed by atoms with E-state index < -0.39 is 11.1 Å². The molecule has 2 rings (SSSR count). The summed E-state index contributed by atoms with van der Waals surface area (Å²) in [7, 11) is 1.79. The molecule has 1 amide bonds. The maximum absolute atomic E-state index is 12.6. The van der Waals surface area contributed by atoms with E-state index in [0.717, 1.165) is 25.8 Å². The first-order valence-corrected chi connectivity index (χ1v) is 7.26. The van der Waals surface area contributed by atoms with Gasteiger partial charge >= 0.3 is 0 Å². The van der Waals surface area contributed by atoms with Gasteiger partial charge in [0, 0.05) is 39.6 Å². The lowest BCUT2D eigenvalue weighted by molar-refractivity contribution is -0.143. The molecule has 19 heavy (non-hydrogen) atoms. The van der Waals surface area contributed by atoms with Crippen LogP contribution >= 0.6 is 0 Å². The Balaban J connectivity index is 1.94. The van der Waals surface area contributed by atoms with Gasteiger partial charge in [0.05, 0.1) is 11.1 Å². The van der Waals surface area contributed by atoms with Crippen LogP contribution in [0.3, 0.4) is 0 Å². The molecular formula is C14H26N2O3. The number of amides is 1. The molecule has 0 spiro atoms. The minimum atomic E-state index is -0.784. The molecule has 5 heteroatoms. The first kappa shape index (κ1) is 14.8. The third kappa shape index (κ3) is 3.46. The van der Waals surface area contributed by atoms with Crippen molar-refractivity contribution in [2.24, 2.45) is 0 Å². The van der Waals surface area contributed by atoms with Crippen molar-refractivity contribution in [3.05, 3.63) is 0 Å². The molecule has 0 saturated carbocycles. The summed E-state index contributed by atoms with van der Waals surface area (Å²) >= 11 is 0. The van der Waals surface area contributed by atoms with Crippen LogP contribution < -0.4 is 5.32 Å². The van der Waals surface area contributed by atoms with E-state index in [1.807, 2.05) is 6.92 Å². The van der Waals surface area contributed by atoms with Crippen LogP contribution in [0.2, 0.25) is 0 Å². The standard InChI is InChI=1S/C14H26N2O3/c1-13(5-3-4-8-15-13)12(17)16(2)11-14(18)6-9-19-10-7-14/h15,18H,3-11H2,1-2H3. The van der Waals surface area contributed by atoms with Crippen molar-refractivity contribution in [1.82, 2.24) is 10.2 Å². The Kier molecular flexibility index (Phi) is 4.48. The number of aliphatic hydroxyl groups is 1. The second-order valence-corrected chi connectivity index (χ2v) is 6.21. The van der Waals surface area contributed by atoms with Crippen molar-refractivity contribution in [1.29, 1.82) is 0 Å². The Morgan fingerprint density at radius 3 is 2.58 bits per heavy atom. The summed E-state index contributed by atoms with van der Waals surface area (Å²) < 4.78 is 5.27. The number of hydrogen-bond donors (Lipinski definition) is 2. The lowest BCUT2D eigenvalue weighted by atomic mass is 9.88. The maximum Gasteiger partial charge on any atom is 0.242 e. The molecule has 1 atom stereocenters. The van der Waals surface area contributed by atoms with Crippen molar-refractivity contribution in [3.8, 4) is 0 Å². The van der Waals surface area contributed by atoms with Gasteiger partial charge in [-0.25, -0.2) is 0 Å². The van der Waals surface area contributed by atoms with Gasteiger partial charge in [-0.15, -0.1) is 0 Å². The number of carbonyl (C=O) groups excluding carboxylic acids is 1. The molecule has 2 aliphatic rings. The van der Waals surface area contributed by atoms with Crippen LogP contribution in [0.15, 0.2) is 0 Å². The number of rotatable bonds is 3. The quantitative estimate of drug-likeness (QED) is 0.785. The highest BCUT2D eigenvalue weighted by molar-refractivity contribution is 5.86. The second kappa shape index (κ2) is 5.77. The van der Waals surface area contributed by atoms with Crippen molar-refractivity contribution in [2.45, 2.75) is 50.2 Å². The first-order chi connectivity index (χ1) is 8.95. The summed E-state index contributed by atoms with van der Waals surface area (Å²) in [6.45, 7) is 4.42. The van der Waals surface area contributed by atoms with Gasteiger partial charge in [0.2, 0.25) is 5.91 Å². The fourth-order valence-electron chi connectivity index (χ4n) is 3.08. The Morgan fingerprint density at radius 1 is 1.32 bits per heavy atom. The summed E-state index contributed by atoms with van der Waals surface area (Å²) in [6, 6.07) is 0. The normalized spacial score (nSPS) is 30.9. The predicted octanol–water partition coefficient (Wildman–Crippen LogP) is 0.518. The molecule has 0 aliphatic carbocycles. The van der Waals surface area contributed by atoms with Gasteiger partial charge in [-0.1, -0.05) is 0 Å². The van der Waals surface area contributed by atoms with Crippen LogP contribution in [0.5, 0.6) is 0 Å². The SMILES string of the molecule is CN(CC1(O)CCOCC1)C(=O)C1(C)CCCCN1. The van der Waals surface area contributed by atoms with E-state index in [1.165, 1.54) is 0 Å². The van der Waals surface area contributed by atoms with Gasteiger partial charge in [-0.3, -0.25) is 4.79 Å². The highest BCUT2D eigenvalue weighted by Crippen LogP contribution is 2.25. The van der Waals surface area contributed by atoms with E-state index in [0.29, 0.717) is 32.6 Å². The average Bonchev–Trinajstić information content (AvgIpc) is 2.39. The summed E-state index contributed by atoms with van der Waals surface area (Å²) in [5.74, 6) is 0.0899. The highest BCUT2D eigenvalue weighted by atomic mass is 16.5. The topological polar surface area (TPSA) is 61.8 Å². The summed E-state index contributed by atoms with van der Waals surface area (Å²) in [5, 5.41) is 13.8. The fourth-order valence-corrected chi connectivity index (χ4v) is 3.08. The largest absolute Gasteiger partial charge is 0.388 e. The van der Waals surface area contributed by atoms with E-state index in [-0.39, 0.29) is 5.91 Å². The molecule has 2 saturated heterocycles. The predicted molar refractivity (Wildman–Crippen MR) is 72.9 cm³/mol. The molecule has 0 aromatic heterocycles. The molecule has 0 bridgehead atoms. The van der Waals surface area contributed by atoms with Gasteiger partial charge in [0.1, 0.15) is 0 Å². The lowest BCUT2D eigenvalue weighted by Crippen LogP contribution is -2.59. The Labute approximate surface area is 115 Å². The zero-order valence-corrected chi connectivity index (χ0v) is 12.1. The molecule has 2 aliphatic heterocycles. The molecule has 0 radical (unpaired) electrons. The van der Waals surface area contributed by atoms with E-state index in [1.54, 1.807) is 11.9 Å². The van der Waals surface area contributed by atoms with Gasteiger partial charge in [-0.2, -0.15) is 0 Å². The minimum Gasteiger partial charge on any atom is -0.388 e. The summed E-state index contributed by atoms with van der Waals surface area (Å²) in [6.07, 6.45) is 4.30. The molecule has 5 nitrogen and oxygen atoms in total. The van der Waals surface area contributed by atoms with Crippen LogP contribution in [-0.4, -0.2) is 60.4 Å². The number of carbonyl (C=O) groups is 1. The van der Waals surface area contributed by atoms with Crippen molar-refractivity contribution >= 4 is 5.91 Å². The first-order valence-electron chi connectivity index (χ1n) is 7.26. The summed E-state index contributed by atoms with van der Waals surface area (Å²) in [4.78, 5) is 14.2. The van der Waals surface area contributed by atoms with Crippen molar-refractivity contribution in [3.63, 3.8) is 0 Å².